The first-order valence-electron chi connectivity index (χ1n) is 14.6. The second-order valence-corrected chi connectivity index (χ2v) is 13.3. The molecule has 1 heterocycles. The quantitative estimate of drug-likeness (QED) is 0.244. The number of hydrogen-bond donors (Lipinski definition) is 1. The molecule has 0 radical (unpaired) electrons. The molecule has 202 valence electrons. The highest BCUT2D eigenvalue weighted by atomic mass is 16.6. The van der Waals surface area contributed by atoms with Crippen molar-refractivity contribution >= 4 is 5.97 Å². The first-order chi connectivity index (χ1) is 17.0. The molecule has 5 heteroatoms. The van der Waals surface area contributed by atoms with E-state index in [1.54, 1.807) is 12.5 Å². The zero-order chi connectivity index (χ0) is 25.8. The van der Waals surface area contributed by atoms with E-state index in [-0.39, 0.29) is 17.5 Å². The van der Waals surface area contributed by atoms with Gasteiger partial charge in [0.1, 0.15) is 12.2 Å². The zero-order valence-corrected chi connectivity index (χ0v) is 23.3. The van der Waals surface area contributed by atoms with Crippen LogP contribution in [0.5, 0.6) is 0 Å². The van der Waals surface area contributed by atoms with Crippen molar-refractivity contribution in [1.82, 2.24) is 0 Å². The van der Waals surface area contributed by atoms with Crippen LogP contribution in [0.25, 0.3) is 0 Å². The monoisotopic (exact) mass is 500 g/mol. The number of carbonyl (C=O) groups excluding carboxylic acids is 1. The molecule has 0 saturated heterocycles. The summed E-state index contributed by atoms with van der Waals surface area (Å²) in [5.74, 6) is 4.26. The number of carbonyl (C=O) groups is 1. The molecule has 5 nitrogen and oxygen atoms in total. The van der Waals surface area contributed by atoms with Crippen LogP contribution in [0.4, 0.5) is 0 Å². The summed E-state index contributed by atoms with van der Waals surface area (Å²) in [7, 11) is 0. The van der Waals surface area contributed by atoms with Gasteiger partial charge in [0.05, 0.1) is 12.4 Å². The molecule has 36 heavy (non-hydrogen) atoms. The standard InChI is InChI=1S/C31H48O5/c1-18(17-34-20(3)32)7-10-27-19(2)29-28(36-27)16-26-24-9-8-22-15-23(35-21(4)33)11-13-30(22,5)25(24)12-14-31(26,29)6/h8,18,20,23-26,28-29,32H,7,9-17H2,1-6H3/t18-,20?,23-,24?,25?,26?,28?,29?,30-,31-/m0/s1. The van der Waals surface area contributed by atoms with E-state index in [9.17, 15) is 9.90 Å². The first kappa shape index (κ1) is 26.3. The van der Waals surface area contributed by atoms with Crippen LogP contribution in [-0.4, -0.2) is 36.2 Å². The molecular formula is C31H48O5. The SMILES string of the molecule is CC(=O)O[C@H]1CC[C@@]2(C)C(=CCC3C4CC5OC(CC[C@H](C)COC(C)O)=C(C)C5[C@@]4(C)CCC32)C1. The van der Waals surface area contributed by atoms with Gasteiger partial charge in [-0.2, -0.15) is 0 Å². The number of rotatable bonds is 7. The van der Waals surface area contributed by atoms with Gasteiger partial charge >= 0.3 is 5.97 Å². The van der Waals surface area contributed by atoms with Gasteiger partial charge in [-0.05, 0) is 98.9 Å². The highest BCUT2D eigenvalue weighted by Gasteiger charge is 2.63. The molecule has 0 aromatic carbocycles. The molecule has 1 aliphatic heterocycles. The molecule has 5 rings (SSSR count). The Kier molecular flexibility index (Phi) is 7.13. The summed E-state index contributed by atoms with van der Waals surface area (Å²) in [6, 6.07) is 0. The van der Waals surface area contributed by atoms with Crippen molar-refractivity contribution in [3.05, 3.63) is 23.0 Å². The van der Waals surface area contributed by atoms with Crippen molar-refractivity contribution < 1.29 is 24.1 Å². The Morgan fingerprint density at radius 3 is 2.72 bits per heavy atom. The van der Waals surface area contributed by atoms with E-state index in [0.29, 0.717) is 30.0 Å². The molecule has 0 aromatic heterocycles. The normalized spacial score (nSPS) is 42.9. The van der Waals surface area contributed by atoms with E-state index >= 15 is 0 Å². The van der Waals surface area contributed by atoms with Gasteiger partial charge in [0.25, 0.3) is 0 Å². The Balaban J connectivity index is 1.28. The van der Waals surface area contributed by atoms with E-state index in [2.05, 4.69) is 33.8 Å². The van der Waals surface area contributed by atoms with E-state index < -0.39 is 6.29 Å². The largest absolute Gasteiger partial charge is 0.494 e. The third-order valence-electron chi connectivity index (χ3n) is 11.1. The predicted molar refractivity (Wildman–Crippen MR) is 140 cm³/mol. The highest BCUT2D eigenvalue weighted by molar-refractivity contribution is 5.66. The number of allylic oxidation sites excluding steroid dienone is 2. The van der Waals surface area contributed by atoms with Gasteiger partial charge < -0.3 is 19.3 Å². The smallest absolute Gasteiger partial charge is 0.302 e. The van der Waals surface area contributed by atoms with Gasteiger partial charge in [-0.25, -0.2) is 0 Å². The lowest BCUT2D eigenvalue weighted by Crippen LogP contribution is -2.50. The van der Waals surface area contributed by atoms with E-state index in [0.717, 1.165) is 49.9 Å². The summed E-state index contributed by atoms with van der Waals surface area (Å²) in [4.78, 5) is 11.5. The van der Waals surface area contributed by atoms with Crippen LogP contribution < -0.4 is 0 Å². The van der Waals surface area contributed by atoms with Crippen molar-refractivity contribution in [3.63, 3.8) is 0 Å². The predicted octanol–water partition coefficient (Wildman–Crippen LogP) is 6.55. The van der Waals surface area contributed by atoms with Crippen molar-refractivity contribution in [2.75, 3.05) is 6.61 Å². The van der Waals surface area contributed by atoms with E-state index in [4.69, 9.17) is 14.2 Å². The summed E-state index contributed by atoms with van der Waals surface area (Å²) in [6.07, 6.45) is 12.3. The van der Waals surface area contributed by atoms with Gasteiger partial charge in [-0.3, -0.25) is 4.79 Å². The van der Waals surface area contributed by atoms with Crippen LogP contribution >= 0.6 is 0 Å². The summed E-state index contributed by atoms with van der Waals surface area (Å²) in [5.41, 5.74) is 3.66. The van der Waals surface area contributed by atoms with Crippen LogP contribution in [0.3, 0.4) is 0 Å². The van der Waals surface area contributed by atoms with Crippen molar-refractivity contribution in [2.45, 2.75) is 118 Å². The van der Waals surface area contributed by atoms with Crippen molar-refractivity contribution in [1.29, 1.82) is 0 Å². The fourth-order valence-electron chi connectivity index (χ4n) is 9.31. The van der Waals surface area contributed by atoms with Crippen LogP contribution in [0.15, 0.2) is 23.0 Å². The molecular weight excluding hydrogens is 452 g/mol. The molecule has 0 aromatic rings. The minimum atomic E-state index is -0.695. The summed E-state index contributed by atoms with van der Waals surface area (Å²) >= 11 is 0. The minimum Gasteiger partial charge on any atom is -0.494 e. The third-order valence-corrected chi connectivity index (χ3v) is 11.1. The van der Waals surface area contributed by atoms with Gasteiger partial charge in [0.15, 0.2) is 6.29 Å². The Labute approximate surface area is 218 Å². The van der Waals surface area contributed by atoms with Crippen molar-refractivity contribution in [3.8, 4) is 0 Å². The maximum atomic E-state index is 11.5. The third kappa shape index (κ3) is 4.46. The lowest BCUT2D eigenvalue weighted by Gasteiger charge is -2.58. The number of esters is 1. The number of aliphatic hydroxyl groups excluding tert-OH is 1. The molecule has 0 bridgehead atoms. The molecule has 10 atom stereocenters. The Hall–Kier alpha value is -1.33. The minimum absolute atomic E-state index is 0.0685. The number of fused-ring (bicyclic) bond motifs is 7. The topological polar surface area (TPSA) is 65.0 Å². The molecule has 4 aliphatic carbocycles. The average molecular weight is 501 g/mol. The van der Waals surface area contributed by atoms with Gasteiger partial charge in [0.2, 0.25) is 0 Å². The van der Waals surface area contributed by atoms with Crippen LogP contribution in [0.1, 0.15) is 99.3 Å². The molecule has 1 N–H and O–H groups in total. The van der Waals surface area contributed by atoms with E-state index in [1.807, 2.05) is 0 Å². The molecule has 0 amide bonds. The Morgan fingerprint density at radius 2 is 2.00 bits per heavy atom. The Morgan fingerprint density at radius 1 is 1.22 bits per heavy atom. The molecule has 0 spiro atoms. The molecule has 6 unspecified atom stereocenters. The number of hydrogen-bond acceptors (Lipinski definition) is 5. The number of aliphatic hydroxyl groups is 1. The second-order valence-electron chi connectivity index (χ2n) is 13.3. The van der Waals surface area contributed by atoms with Crippen LogP contribution in [0.2, 0.25) is 0 Å². The molecule has 5 aliphatic rings. The fourth-order valence-corrected chi connectivity index (χ4v) is 9.31. The fraction of sp³-hybridized carbons (Fsp3) is 0.839. The maximum absolute atomic E-state index is 11.5. The van der Waals surface area contributed by atoms with Gasteiger partial charge in [-0.1, -0.05) is 32.4 Å². The lowest BCUT2D eigenvalue weighted by molar-refractivity contribution is -0.148. The van der Waals surface area contributed by atoms with Crippen LogP contribution in [-0.2, 0) is 19.0 Å². The second kappa shape index (κ2) is 9.76. The molecule has 3 saturated carbocycles. The average Bonchev–Trinajstić information content (AvgIpc) is 3.29. The van der Waals surface area contributed by atoms with E-state index in [1.165, 1.54) is 43.9 Å². The highest BCUT2D eigenvalue weighted by Crippen LogP contribution is 2.69. The summed E-state index contributed by atoms with van der Waals surface area (Å²) in [6.45, 7) is 13.4. The lowest BCUT2D eigenvalue weighted by atomic mass is 9.47. The maximum Gasteiger partial charge on any atom is 0.302 e. The Bertz CT molecular complexity index is 920. The summed E-state index contributed by atoms with van der Waals surface area (Å²) < 4.78 is 17.7. The summed E-state index contributed by atoms with van der Waals surface area (Å²) in [5, 5.41) is 9.40. The molecule has 3 fully saturated rings. The first-order valence-corrected chi connectivity index (χ1v) is 14.6. The van der Waals surface area contributed by atoms with Crippen molar-refractivity contribution in [2.24, 2.45) is 40.4 Å². The number of ether oxygens (including phenoxy) is 3. The zero-order valence-electron chi connectivity index (χ0n) is 23.3. The van der Waals surface area contributed by atoms with Gasteiger partial charge in [-0.15, -0.1) is 0 Å². The van der Waals surface area contributed by atoms with Gasteiger partial charge in [0, 0.05) is 25.7 Å². The van der Waals surface area contributed by atoms with Crippen LogP contribution in [0, 0.1) is 40.4 Å².